The molecule has 0 aliphatic carbocycles. The van der Waals surface area contributed by atoms with Crippen LogP contribution in [0, 0.1) is 13.8 Å². The molecule has 0 amide bonds. The van der Waals surface area contributed by atoms with E-state index in [1.807, 2.05) is 38.1 Å². The number of halogens is 2. The highest BCUT2D eigenvalue weighted by Gasteiger charge is 2.23. The van der Waals surface area contributed by atoms with Gasteiger partial charge in [-0.1, -0.05) is 29.3 Å². The van der Waals surface area contributed by atoms with Gasteiger partial charge in [-0.2, -0.15) is 5.10 Å². The Labute approximate surface area is 143 Å². The molecule has 0 saturated heterocycles. The Bertz CT molecular complexity index is 961. The van der Waals surface area contributed by atoms with E-state index in [1.54, 1.807) is 4.68 Å². The Morgan fingerprint density at radius 2 is 1.96 bits per heavy atom. The fraction of sp³-hybridized carbons (Fsp3) is 0.250. The Morgan fingerprint density at radius 1 is 1.13 bits per heavy atom. The molecular formula is C16H13Cl2N5. The third-order valence-corrected chi connectivity index (χ3v) is 4.37. The summed E-state index contributed by atoms with van der Waals surface area (Å²) in [5, 5.41) is 5.03. The van der Waals surface area contributed by atoms with Gasteiger partial charge in [0, 0.05) is 12.5 Å². The molecule has 3 heterocycles. The van der Waals surface area contributed by atoms with Gasteiger partial charge < -0.3 is 0 Å². The maximum absolute atomic E-state index is 6.30. The van der Waals surface area contributed by atoms with E-state index < -0.39 is 0 Å². The van der Waals surface area contributed by atoms with Crippen LogP contribution >= 0.6 is 23.2 Å². The van der Waals surface area contributed by atoms with E-state index in [0.29, 0.717) is 23.1 Å². The quantitative estimate of drug-likeness (QED) is 0.609. The number of aryl methyl sites for hydroxylation is 2. The van der Waals surface area contributed by atoms with Gasteiger partial charge in [-0.05, 0) is 31.5 Å². The smallest absolute Gasteiger partial charge is 0.154 e. The summed E-state index contributed by atoms with van der Waals surface area (Å²) in [4.78, 5) is 13.7. The summed E-state index contributed by atoms with van der Waals surface area (Å²) < 4.78 is 1.67. The molecule has 1 aliphatic heterocycles. The van der Waals surface area contributed by atoms with Crippen molar-refractivity contribution in [3.8, 4) is 11.4 Å². The largest absolute Gasteiger partial charge is 0.249 e. The van der Waals surface area contributed by atoms with Crippen molar-refractivity contribution in [2.45, 2.75) is 25.8 Å². The lowest BCUT2D eigenvalue weighted by molar-refractivity contribution is 0.603. The number of alkyl halides is 1. The number of fused-ring (bicyclic) bond motifs is 2. The Balaban J connectivity index is 1.90. The van der Waals surface area contributed by atoms with Crippen molar-refractivity contribution in [2.24, 2.45) is 4.99 Å². The number of nitrogens with zero attached hydrogens (tertiary/aromatic N) is 5. The first-order chi connectivity index (χ1) is 11.0. The van der Waals surface area contributed by atoms with Gasteiger partial charge in [0.2, 0.25) is 0 Å². The maximum Gasteiger partial charge on any atom is 0.154 e. The van der Waals surface area contributed by atoms with Crippen LogP contribution in [0.15, 0.2) is 29.3 Å². The fourth-order valence-electron chi connectivity index (χ4n) is 2.68. The molecule has 7 heteroatoms. The molecule has 116 valence electrons. The van der Waals surface area contributed by atoms with E-state index in [4.69, 9.17) is 28.2 Å². The van der Waals surface area contributed by atoms with Crippen LogP contribution in [0.1, 0.15) is 23.2 Å². The van der Waals surface area contributed by atoms with E-state index in [2.05, 4.69) is 15.1 Å². The van der Waals surface area contributed by atoms with Crippen LogP contribution in [0.2, 0.25) is 0 Å². The zero-order valence-corrected chi connectivity index (χ0v) is 14.1. The Hall–Kier alpha value is -1.98. The van der Waals surface area contributed by atoms with Crippen molar-refractivity contribution >= 4 is 45.2 Å². The molecule has 1 aromatic carbocycles. The molecule has 5 nitrogen and oxygen atoms in total. The van der Waals surface area contributed by atoms with Gasteiger partial charge in [0.15, 0.2) is 5.82 Å². The second kappa shape index (κ2) is 5.28. The molecule has 3 aromatic rings. The fourth-order valence-corrected chi connectivity index (χ4v) is 3.28. The summed E-state index contributed by atoms with van der Waals surface area (Å²) in [5.74, 6) is 0.641. The van der Waals surface area contributed by atoms with Crippen molar-refractivity contribution in [1.82, 2.24) is 19.7 Å². The minimum Gasteiger partial charge on any atom is -0.249 e. The van der Waals surface area contributed by atoms with Gasteiger partial charge in [-0.3, -0.25) is 0 Å². The summed E-state index contributed by atoms with van der Waals surface area (Å²) in [7, 11) is 0. The van der Waals surface area contributed by atoms with Crippen molar-refractivity contribution in [3.05, 3.63) is 35.5 Å². The molecule has 2 aromatic heterocycles. The number of aromatic nitrogens is 4. The normalized spacial score (nSPS) is 17.2. The molecule has 23 heavy (non-hydrogen) atoms. The van der Waals surface area contributed by atoms with Gasteiger partial charge in [0.05, 0.1) is 16.7 Å². The third-order valence-electron chi connectivity index (χ3n) is 3.79. The highest BCUT2D eigenvalue weighted by molar-refractivity contribution is 6.66. The Morgan fingerprint density at radius 3 is 2.78 bits per heavy atom. The zero-order chi connectivity index (χ0) is 16.1. The standard InChI is InChI=1S/C16H13Cl2N5/c1-8-3-4-10-11(5-8)20-16(9(2)19-10)12-6-15-21-13(17)7-14(18)23(15)22-12/h3-6,14H,7H2,1-2H3. The first kappa shape index (κ1) is 14.6. The van der Waals surface area contributed by atoms with E-state index in [1.165, 1.54) is 0 Å². The molecule has 0 spiro atoms. The predicted octanol–water partition coefficient (Wildman–Crippen LogP) is 4.52. The van der Waals surface area contributed by atoms with E-state index in [9.17, 15) is 0 Å². The lowest BCUT2D eigenvalue weighted by Crippen LogP contribution is -2.11. The number of aliphatic imine (C=N–C) groups is 1. The number of hydrogen-bond acceptors (Lipinski definition) is 4. The summed E-state index contributed by atoms with van der Waals surface area (Å²) >= 11 is 12.3. The van der Waals surface area contributed by atoms with Gasteiger partial charge in [0.25, 0.3) is 0 Å². The van der Waals surface area contributed by atoms with Crippen LogP contribution < -0.4 is 0 Å². The van der Waals surface area contributed by atoms with Gasteiger partial charge in [-0.15, -0.1) is 0 Å². The topological polar surface area (TPSA) is 56.0 Å². The van der Waals surface area contributed by atoms with Crippen LogP contribution in [0.5, 0.6) is 0 Å². The monoisotopic (exact) mass is 345 g/mol. The maximum atomic E-state index is 6.30. The average molecular weight is 346 g/mol. The van der Waals surface area contributed by atoms with Crippen molar-refractivity contribution < 1.29 is 0 Å². The van der Waals surface area contributed by atoms with Gasteiger partial charge in [0.1, 0.15) is 22.1 Å². The van der Waals surface area contributed by atoms with E-state index in [-0.39, 0.29) is 5.50 Å². The first-order valence-corrected chi connectivity index (χ1v) is 8.05. The highest BCUT2D eigenvalue weighted by atomic mass is 35.5. The SMILES string of the molecule is Cc1ccc2nc(C)c(-c3cc4n(n3)C(Cl)CC(Cl)=N4)nc2c1. The molecule has 4 rings (SSSR count). The van der Waals surface area contributed by atoms with Crippen LogP contribution in [-0.2, 0) is 0 Å². The molecule has 0 bridgehead atoms. The van der Waals surface area contributed by atoms with Gasteiger partial charge >= 0.3 is 0 Å². The summed E-state index contributed by atoms with van der Waals surface area (Å²) in [5.41, 5.74) is 4.78. The van der Waals surface area contributed by atoms with Crippen LogP contribution in [0.3, 0.4) is 0 Å². The lowest BCUT2D eigenvalue weighted by Gasteiger charge is -2.15. The van der Waals surface area contributed by atoms with Crippen LogP contribution in [0.4, 0.5) is 5.82 Å². The molecule has 1 unspecified atom stereocenters. The van der Waals surface area contributed by atoms with Crippen LogP contribution in [0.25, 0.3) is 22.4 Å². The molecule has 1 aliphatic rings. The minimum atomic E-state index is -0.334. The zero-order valence-electron chi connectivity index (χ0n) is 12.6. The van der Waals surface area contributed by atoms with Gasteiger partial charge in [-0.25, -0.2) is 19.6 Å². The number of benzene rings is 1. The number of hydrogen-bond donors (Lipinski definition) is 0. The lowest BCUT2D eigenvalue weighted by atomic mass is 10.2. The van der Waals surface area contributed by atoms with Crippen molar-refractivity contribution in [2.75, 3.05) is 0 Å². The van der Waals surface area contributed by atoms with E-state index >= 15 is 0 Å². The van der Waals surface area contributed by atoms with Crippen LogP contribution in [-0.4, -0.2) is 24.9 Å². The minimum absolute atomic E-state index is 0.334. The summed E-state index contributed by atoms with van der Waals surface area (Å²) in [6, 6.07) is 7.86. The second-order valence-corrected chi connectivity index (χ2v) is 6.55. The van der Waals surface area contributed by atoms with Crippen molar-refractivity contribution in [3.63, 3.8) is 0 Å². The summed E-state index contributed by atoms with van der Waals surface area (Å²) in [6.07, 6.45) is 0.471. The Kier molecular flexibility index (Phi) is 3.36. The molecule has 0 saturated carbocycles. The van der Waals surface area contributed by atoms with Crippen molar-refractivity contribution in [1.29, 1.82) is 0 Å². The predicted molar refractivity (Wildman–Crippen MR) is 92.7 cm³/mol. The average Bonchev–Trinajstić information content (AvgIpc) is 2.91. The molecule has 1 atom stereocenters. The summed E-state index contributed by atoms with van der Waals surface area (Å²) in [6.45, 7) is 3.96. The molecule has 0 radical (unpaired) electrons. The van der Waals surface area contributed by atoms with E-state index in [0.717, 1.165) is 28.0 Å². The molecular weight excluding hydrogens is 333 g/mol. The third kappa shape index (κ3) is 2.50. The molecule has 0 fully saturated rings. The highest BCUT2D eigenvalue weighted by Crippen LogP contribution is 2.34. The molecule has 0 N–H and O–H groups in total. The second-order valence-electron chi connectivity index (χ2n) is 5.61. The first-order valence-electron chi connectivity index (χ1n) is 7.23. The number of rotatable bonds is 1.